The zero-order chi connectivity index (χ0) is 14.8. The number of ether oxygens (including phenoxy) is 1. The highest BCUT2D eigenvalue weighted by molar-refractivity contribution is 7.92. The van der Waals surface area contributed by atoms with Crippen molar-refractivity contribution < 1.29 is 13.2 Å². The van der Waals surface area contributed by atoms with Crippen molar-refractivity contribution in [2.75, 3.05) is 23.3 Å². The summed E-state index contributed by atoms with van der Waals surface area (Å²) in [7, 11) is -2.91. The summed E-state index contributed by atoms with van der Waals surface area (Å²) in [5.74, 6) is 0.933. The normalized spacial score (nSPS) is 21.1. The number of hydrogen-bond acceptors (Lipinski definition) is 5. The van der Waals surface area contributed by atoms with E-state index >= 15 is 0 Å². The van der Waals surface area contributed by atoms with Crippen molar-refractivity contribution >= 4 is 21.2 Å². The molecular weight excluding hydrogens is 276 g/mol. The number of sulfone groups is 1. The Balaban J connectivity index is 2.03. The molecule has 2 rings (SSSR count). The molecule has 0 radical (unpaired) electrons. The quantitative estimate of drug-likeness (QED) is 0.813. The Bertz CT molecular complexity index is 570. The highest BCUT2D eigenvalue weighted by Gasteiger charge is 2.30. The van der Waals surface area contributed by atoms with Crippen LogP contribution in [0.5, 0.6) is 5.75 Å². The molecule has 1 heterocycles. The van der Waals surface area contributed by atoms with Crippen LogP contribution in [0.2, 0.25) is 0 Å². The minimum Gasteiger partial charge on any atom is -0.489 e. The lowest BCUT2D eigenvalue weighted by Gasteiger charge is -2.16. The van der Waals surface area contributed by atoms with Gasteiger partial charge in [0, 0.05) is 18.3 Å². The minimum atomic E-state index is -2.91. The number of benzene rings is 1. The van der Waals surface area contributed by atoms with Crippen molar-refractivity contribution in [3.05, 3.63) is 18.2 Å². The molecule has 3 N–H and O–H groups in total. The van der Waals surface area contributed by atoms with Crippen LogP contribution in [0.3, 0.4) is 0 Å². The van der Waals surface area contributed by atoms with E-state index in [-0.39, 0.29) is 11.4 Å². The molecule has 0 amide bonds. The van der Waals surface area contributed by atoms with Gasteiger partial charge in [0.15, 0.2) is 9.84 Å². The molecule has 1 aromatic rings. The van der Waals surface area contributed by atoms with E-state index in [1.165, 1.54) is 0 Å². The zero-order valence-electron chi connectivity index (χ0n) is 11.9. The number of nitrogens with two attached hydrogens (primary N) is 1. The number of rotatable bonds is 5. The van der Waals surface area contributed by atoms with Crippen LogP contribution in [0.1, 0.15) is 26.7 Å². The summed E-state index contributed by atoms with van der Waals surface area (Å²) < 4.78 is 29.1. The molecule has 6 heteroatoms. The molecule has 0 saturated carbocycles. The lowest BCUT2D eigenvalue weighted by atomic mass is 10.2. The van der Waals surface area contributed by atoms with Gasteiger partial charge in [-0.05, 0) is 38.8 Å². The van der Waals surface area contributed by atoms with Crippen LogP contribution < -0.4 is 15.8 Å². The second-order valence-corrected chi connectivity index (χ2v) is 7.83. The lowest BCUT2D eigenvalue weighted by molar-refractivity contribution is 0.244. The van der Waals surface area contributed by atoms with E-state index in [2.05, 4.69) is 5.32 Å². The van der Waals surface area contributed by atoms with E-state index in [1.807, 2.05) is 26.0 Å². The molecule has 20 heavy (non-hydrogen) atoms. The van der Waals surface area contributed by atoms with E-state index < -0.39 is 9.84 Å². The van der Waals surface area contributed by atoms with Crippen LogP contribution in [0.15, 0.2) is 18.2 Å². The minimum absolute atomic E-state index is 0.0442. The van der Waals surface area contributed by atoms with Crippen LogP contribution in [-0.4, -0.2) is 32.1 Å². The first-order valence-electron chi connectivity index (χ1n) is 6.90. The van der Waals surface area contributed by atoms with Crippen molar-refractivity contribution in [3.8, 4) is 5.75 Å². The third-order valence-electron chi connectivity index (χ3n) is 3.37. The van der Waals surface area contributed by atoms with Crippen molar-refractivity contribution in [3.63, 3.8) is 0 Å². The first kappa shape index (κ1) is 15.0. The first-order valence-corrected chi connectivity index (χ1v) is 8.61. The van der Waals surface area contributed by atoms with Gasteiger partial charge in [0.05, 0.1) is 22.8 Å². The summed E-state index contributed by atoms with van der Waals surface area (Å²) in [6, 6.07) is 5.42. The fourth-order valence-corrected chi connectivity index (χ4v) is 4.08. The molecule has 1 aromatic carbocycles. The third-order valence-corrected chi connectivity index (χ3v) is 5.65. The van der Waals surface area contributed by atoms with E-state index in [1.54, 1.807) is 6.07 Å². The monoisotopic (exact) mass is 298 g/mol. The molecule has 112 valence electrons. The zero-order valence-corrected chi connectivity index (χ0v) is 12.7. The Morgan fingerprint density at radius 2 is 2.20 bits per heavy atom. The molecular formula is C14H22N2O3S. The molecule has 1 atom stereocenters. The van der Waals surface area contributed by atoms with Crippen LogP contribution in [0.4, 0.5) is 11.4 Å². The summed E-state index contributed by atoms with van der Waals surface area (Å²) in [6.07, 6.45) is 1.54. The number of anilines is 2. The first-order chi connectivity index (χ1) is 9.38. The van der Waals surface area contributed by atoms with Gasteiger partial charge in [-0.3, -0.25) is 0 Å². The largest absolute Gasteiger partial charge is 0.489 e. The molecule has 5 nitrogen and oxygen atoms in total. The summed E-state index contributed by atoms with van der Waals surface area (Å²) in [6.45, 7) is 4.31. The Morgan fingerprint density at radius 3 is 2.80 bits per heavy atom. The van der Waals surface area contributed by atoms with Crippen molar-refractivity contribution in [2.45, 2.75) is 38.0 Å². The van der Waals surface area contributed by atoms with E-state index in [4.69, 9.17) is 10.5 Å². The number of nitrogens with one attached hydrogen (secondary N) is 1. The van der Waals surface area contributed by atoms with Crippen LogP contribution in [-0.2, 0) is 9.84 Å². The molecule has 1 unspecified atom stereocenters. The smallest absolute Gasteiger partial charge is 0.154 e. The fraction of sp³-hybridized carbons (Fsp3) is 0.571. The van der Waals surface area contributed by atoms with Crippen LogP contribution in [0, 0.1) is 0 Å². The third kappa shape index (κ3) is 3.56. The van der Waals surface area contributed by atoms with Gasteiger partial charge >= 0.3 is 0 Å². The molecule has 1 aliphatic rings. The van der Waals surface area contributed by atoms with Gasteiger partial charge in [0.2, 0.25) is 0 Å². The maximum atomic E-state index is 11.8. The predicted molar refractivity (Wildman–Crippen MR) is 81.9 cm³/mol. The summed E-state index contributed by atoms with van der Waals surface area (Å²) >= 11 is 0. The Morgan fingerprint density at radius 1 is 1.45 bits per heavy atom. The highest BCUT2D eigenvalue weighted by atomic mass is 32.2. The Kier molecular flexibility index (Phi) is 4.42. The van der Waals surface area contributed by atoms with Gasteiger partial charge in [0.25, 0.3) is 0 Å². The maximum Gasteiger partial charge on any atom is 0.154 e. The lowest BCUT2D eigenvalue weighted by Crippen LogP contribution is -2.25. The van der Waals surface area contributed by atoms with Gasteiger partial charge < -0.3 is 15.8 Å². The molecule has 0 aromatic heterocycles. The molecule has 1 aliphatic heterocycles. The average Bonchev–Trinajstić information content (AvgIpc) is 2.69. The van der Waals surface area contributed by atoms with E-state index in [0.717, 1.165) is 18.5 Å². The van der Waals surface area contributed by atoms with Crippen molar-refractivity contribution in [2.24, 2.45) is 0 Å². The topological polar surface area (TPSA) is 81.4 Å². The standard InChI is InChI=1S/C14H22N2O3S/c1-10(2)19-14-8-11(5-6-13(14)15)16-9-12-4-3-7-20(12,17)18/h5-6,8,10,12,16H,3-4,7,9,15H2,1-2H3. The molecule has 1 fully saturated rings. The summed E-state index contributed by atoms with van der Waals surface area (Å²) in [5, 5.41) is 2.89. The molecule has 0 bridgehead atoms. The second-order valence-electron chi connectivity index (χ2n) is 5.43. The fourth-order valence-electron chi connectivity index (χ4n) is 2.32. The van der Waals surface area contributed by atoms with E-state index in [0.29, 0.717) is 23.7 Å². The van der Waals surface area contributed by atoms with Gasteiger partial charge in [-0.25, -0.2) is 8.42 Å². The molecule has 0 spiro atoms. The average molecular weight is 298 g/mol. The Labute approximate surface area is 120 Å². The summed E-state index contributed by atoms with van der Waals surface area (Å²) in [5.41, 5.74) is 7.26. The van der Waals surface area contributed by atoms with Gasteiger partial charge in [-0.15, -0.1) is 0 Å². The summed E-state index contributed by atoms with van der Waals surface area (Å²) in [4.78, 5) is 0. The SMILES string of the molecule is CC(C)Oc1cc(NCC2CCCS2(=O)=O)ccc1N. The number of nitrogen functional groups attached to an aromatic ring is 1. The van der Waals surface area contributed by atoms with E-state index in [9.17, 15) is 8.42 Å². The van der Waals surface area contributed by atoms with Gasteiger partial charge in [-0.1, -0.05) is 0 Å². The van der Waals surface area contributed by atoms with Crippen LogP contribution in [0.25, 0.3) is 0 Å². The second kappa shape index (κ2) is 5.91. The highest BCUT2D eigenvalue weighted by Crippen LogP contribution is 2.27. The van der Waals surface area contributed by atoms with Crippen LogP contribution >= 0.6 is 0 Å². The van der Waals surface area contributed by atoms with Gasteiger partial charge in [-0.2, -0.15) is 0 Å². The van der Waals surface area contributed by atoms with Crippen molar-refractivity contribution in [1.29, 1.82) is 0 Å². The predicted octanol–water partition coefficient (Wildman–Crippen LogP) is 2.05. The van der Waals surface area contributed by atoms with Gasteiger partial charge in [0.1, 0.15) is 5.75 Å². The Hall–Kier alpha value is -1.43. The van der Waals surface area contributed by atoms with Crippen molar-refractivity contribution in [1.82, 2.24) is 0 Å². The number of hydrogen-bond donors (Lipinski definition) is 2. The molecule has 1 saturated heterocycles. The maximum absolute atomic E-state index is 11.8. The molecule has 0 aliphatic carbocycles.